The number of nitrogens with one attached hydrogen (secondary N) is 1. The Bertz CT molecular complexity index is 562. The standard InChI is InChI=1S/C14H15NO4/c1-2-18-11-5-3-4-10(8-11)15-9-13-12(14(16)17)6-7-19-13/h3-8,15H,2,9H2,1H3,(H,16,17). The lowest BCUT2D eigenvalue weighted by Crippen LogP contribution is -2.04. The summed E-state index contributed by atoms with van der Waals surface area (Å²) in [6.45, 7) is 2.83. The Morgan fingerprint density at radius 1 is 1.42 bits per heavy atom. The van der Waals surface area contributed by atoms with Crippen molar-refractivity contribution >= 4 is 11.7 Å². The number of aromatic carboxylic acids is 1. The molecule has 0 aliphatic rings. The zero-order chi connectivity index (χ0) is 13.7. The summed E-state index contributed by atoms with van der Waals surface area (Å²) in [7, 11) is 0. The first kappa shape index (κ1) is 13.0. The van der Waals surface area contributed by atoms with Gasteiger partial charge < -0.3 is 19.6 Å². The molecule has 5 heteroatoms. The molecule has 1 aromatic heterocycles. The molecule has 0 radical (unpaired) electrons. The van der Waals surface area contributed by atoms with Crippen LogP contribution in [0.25, 0.3) is 0 Å². The highest BCUT2D eigenvalue weighted by Gasteiger charge is 2.12. The van der Waals surface area contributed by atoms with Crippen LogP contribution in [0.5, 0.6) is 5.75 Å². The predicted octanol–water partition coefficient (Wildman–Crippen LogP) is 2.99. The molecule has 0 aliphatic carbocycles. The van der Waals surface area contributed by atoms with Crippen LogP contribution in [0.3, 0.4) is 0 Å². The average Bonchev–Trinajstić information content (AvgIpc) is 2.86. The van der Waals surface area contributed by atoms with E-state index in [1.807, 2.05) is 31.2 Å². The van der Waals surface area contributed by atoms with Crippen molar-refractivity contribution in [3.63, 3.8) is 0 Å². The molecular weight excluding hydrogens is 246 g/mol. The van der Waals surface area contributed by atoms with Gasteiger partial charge in [-0.1, -0.05) is 6.07 Å². The van der Waals surface area contributed by atoms with Crippen molar-refractivity contribution in [2.75, 3.05) is 11.9 Å². The molecule has 0 unspecified atom stereocenters. The molecule has 0 saturated heterocycles. The third-order valence-electron chi connectivity index (χ3n) is 2.57. The Balaban J connectivity index is 2.04. The van der Waals surface area contributed by atoms with E-state index < -0.39 is 5.97 Å². The van der Waals surface area contributed by atoms with Crippen LogP contribution in [0, 0.1) is 0 Å². The fraction of sp³-hybridized carbons (Fsp3) is 0.214. The number of hydrogen-bond acceptors (Lipinski definition) is 4. The minimum Gasteiger partial charge on any atom is -0.494 e. The summed E-state index contributed by atoms with van der Waals surface area (Å²) in [6, 6.07) is 8.91. The SMILES string of the molecule is CCOc1cccc(NCc2occc2C(=O)O)c1. The molecule has 1 aromatic carbocycles. The molecule has 0 aliphatic heterocycles. The topological polar surface area (TPSA) is 71.7 Å². The highest BCUT2D eigenvalue weighted by atomic mass is 16.5. The van der Waals surface area contributed by atoms with Crippen LogP contribution in [0.15, 0.2) is 41.0 Å². The molecule has 19 heavy (non-hydrogen) atoms. The van der Waals surface area contributed by atoms with Crippen LogP contribution in [0.2, 0.25) is 0 Å². The predicted molar refractivity (Wildman–Crippen MR) is 70.6 cm³/mol. The van der Waals surface area contributed by atoms with Crippen LogP contribution in [-0.4, -0.2) is 17.7 Å². The summed E-state index contributed by atoms with van der Waals surface area (Å²) in [5, 5.41) is 12.1. The number of carbonyl (C=O) groups is 1. The van der Waals surface area contributed by atoms with E-state index in [9.17, 15) is 4.79 Å². The highest BCUT2D eigenvalue weighted by molar-refractivity contribution is 5.88. The molecule has 0 amide bonds. The second-order valence-corrected chi connectivity index (χ2v) is 3.88. The van der Waals surface area contributed by atoms with Gasteiger partial charge in [0.2, 0.25) is 0 Å². The summed E-state index contributed by atoms with van der Waals surface area (Å²) in [4.78, 5) is 10.9. The van der Waals surface area contributed by atoms with E-state index >= 15 is 0 Å². The number of rotatable bonds is 6. The fourth-order valence-electron chi connectivity index (χ4n) is 1.71. The quantitative estimate of drug-likeness (QED) is 0.836. The maximum Gasteiger partial charge on any atom is 0.339 e. The second-order valence-electron chi connectivity index (χ2n) is 3.88. The van der Waals surface area contributed by atoms with Crippen molar-refractivity contribution in [3.8, 4) is 5.75 Å². The number of carboxylic acids is 1. The van der Waals surface area contributed by atoms with Gasteiger partial charge in [0, 0.05) is 11.8 Å². The van der Waals surface area contributed by atoms with E-state index in [-0.39, 0.29) is 5.56 Å². The van der Waals surface area contributed by atoms with Gasteiger partial charge in [-0.05, 0) is 25.1 Å². The van der Waals surface area contributed by atoms with Crippen molar-refractivity contribution < 1.29 is 19.1 Å². The van der Waals surface area contributed by atoms with Gasteiger partial charge in [0.05, 0.1) is 19.4 Å². The third-order valence-corrected chi connectivity index (χ3v) is 2.57. The lowest BCUT2D eigenvalue weighted by molar-refractivity contribution is 0.0694. The Hall–Kier alpha value is -2.43. The van der Waals surface area contributed by atoms with Gasteiger partial charge in [-0.15, -0.1) is 0 Å². The summed E-state index contributed by atoms with van der Waals surface area (Å²) < 4.78 is 10.5. The highest BCUT2D eigenvalue weighted by Crippen LogP contribution is 2.19. The molecule has 0 bridgehead atoms. The molecule has 5 nitrogen and oxygen atoms in total. The lowest BCUT2D eigenvalue weighted by Gasteiger charge is -2.08. The van der Waals surface area contributed by atoms with E-state index in [1.165, 1.54) is 12.3 Å². The Labute approximate surface area is 110 Å². The van der Waals surface area contributed by atoms with Crippen molar-refractivity contribution in [1.82, 2.24) is 0 Å². The monoisotopic (exact) mass is 261 g/mol. The Morgan fingerprint density at radius 2 is 2.26 bits per heavy atom. The van der Waals surface area contributed by atoms with Gasteiger partial charge in [-0.25, -0.2) is 4.79 Å². The van der Waals surface area contributed by atoms with Gasteiger partial charge in [-0.2, -0.15) is 0 Å². The van der Waals surface area contributed by atoms with Gasteiger partial charge in [0.1, 0.15) is 17.1 Å². The van der Waals surface area contributed by atoms with Crippen LogP contribution in [-0.2, 0) is 6.54 Å². The molecule has 0 spiro atoms. The largest absolute Gasteiger partial charge is 0.494 e. The van der Waals surface area contributed by atoms with Crippen LogP contribution >= 0.6 is 0 Å². The smallest absolute Gasteiger partial charge is 0.339 e. The number of hydrogen-bond donors (Lipinski definition) is 2. The van der Waals surface area contributed by atoms with E-state index in [4.69, 9.17) is 14.3 Å². The molecule has 0 fully saturated rings. The summed E-state index contributed by atoms with van der Waals surface area (Å²) in [5.41, 5.74) is 1.02. The minimum atomic E-state index is -0.992. The molecule has 2 rings (SSSR count). The van der Waals surface area contributed by atoms with E-state index in [0.29, 0.717) is 18.9 Å². The van der Waals surface area contributed by atoms with Gasteiger partial charge in [-0.3, -0.25) is 0 Å². The van der Waals surface area contributed by atoms with E-state index in [0.717, 1.165) is 11.4 Å². The summed E-state index contributed by atoms with van der Waals surface area (Å²) in [5.74, 6) is 0.174. The third kappa shape index (κ3) is 3.28. The van der Waals surface area contributed by atoms with Crippen molar-refractivity contribution in [2.45, 2.75) is 13.5 Å². The first-order valence-corrected chi connectivity index (χ1v) is 5.97. The zero-order valence-electron chi connectivity index (χ0n) is 10.6. The molecule has 100 valence electrons. The van der Waals surface area contributed by atoms with Crippen molar-refractivity contribution in [1.29, 1.82) is 0 Å². The number of anilines is 1. The molecule has 2 N–H and O–H groups in total. The summed E-state index contributed by atoms with van der Waals surface area (Å²) in [6.07, 6.45) is 1.37. The Kier molecular flexibility index (Phi) is 4.07. The first-order chi connectivity index (χ1) is 9.20. The minimum absolute atomic E-state index is 0.175. The Morgan fingerprint density at radius 3 is 3.00 bits per heavy atom. The van der Waals surface area contributed by atoms with Crippen molar-refractivity contribution in [2.24, 2.45) is 0 Å². The van der Waals surface area contributed by atoms with Gasteiger partial charge in [0.15, 0.2) is 0 Å². The van der Waals surface area contributed by atoms with Crippen LogP contribution in [0.1, 0.15) is 23.0 Å². The maximum atomic E-state index is 10.9. The number of benzene rings is 1. The van der Waals surface area contributed by atoms with E-state index in [1.54, 1.807) is 0 Å². The normalized spacial score (nSPS) is 10.2. The molecule has 0 saturated carbocycles. The molecular formula is C14H15NO4. The van der Waals surface area contributed by atoms with Crippen molar-refractivity contribution in [3.05, 3.63) is 47.9 Å². The first-order valence-electron chi connectivity index (χ1n) is 5.97. The number of ether oxygens (including phenoxy) is 1. The van der Waals surface area contributed by atoms with Gasteiger partial charge in [0.25, 0.3) is 0 Å². The maximum absolute atomic E-state index is 10.9. The number of carboxylic acid groups (broad SMARTS) is 1. The second kappa shape index (κ2) is 5.95. The zero-order valence-corrected chi connectivity index (χ0v) is 10.6. The molecule has 2 aromatic rings. The molecule has 1 heterocycles. The van der Waals surface area contributed by atoms with Crippen LogP contribution < -0.4 is 10.1 Å². The fourth-order valence-corrected chi connectivity index (χ4v) is 1.71. The summed E-state index contributed by atoms with van der Waals surface area (Å²) >= 11 is 0. The lowest BCUT2D eigenvalue weighted by atomic mass is 10.2. The molecule has 0 atom stereocenters. The van der Waals surface area contributed by atoms with E-state index in [2.05, 4.69) is 5.32 Å². The van der Waals surface area contributed by atoms with Gasteiger partial charge >= 0.3 is 5.97 Å². The average molecular weight is 261 g/mol. The van der Waals surface area contributed by atoms with Crippen LogP contribution in [0.4, 0.5) is 5.69 Å². The number of furan rings is 1.